The standard InChI is InChI=1S/C30H29O2P.BrH/c31-30(32)29(25-15-5-1-6-16-25)23-13-14-24-33(26-17-7-2-8-18-26,27-19-9-3-10-20-27)28-21-11-4-12-22-28;/h1-12,15-22,29H,13-14,23-24H2;1H. The number of benzene rings is 4. The number of carbonyl (C=O) groups is 1. The minimum absolute atomic E-state index is 0. The molecule has 4 aromatic rings. The Morgan fingerprint density at radius 3 is 1.38 bits per heavy atom. The fourth-order valence-electron chi connectivity index (χ4n) is 4.70. The Hall–Kier alpha value is -2.74. The van der Waals surface area contributed by atoms with Crippen LogP contribution < -0.4 is 32.9 Å². The number of hydrogen-bond donors (Lipinski definition) is 1. The van der Waals surface area contributed by atoms with E-state index in [0.29, 0.717) is 6.42 Å². The van der Waals surface area contributed by atoms with Gasteiger partial charge in [0.05, 0.1) is 12.1 Å². The van der Waals surface area contributed by atoms with Gasteiger partial charge in [0.2, 0.25) is 0 Å². The summed E-state index contributed by atoms with van der Waals surface area (Å²) < 4.78 is 0. The molecule has 2 nitrogen and oxygen atoms in total. The molecule has 0 fully saturated rings. The molecule has 1 atom stereocenters. The third-order valence-electron chi connectivity index (χ3n) is 6.33. The molecule has 0 amide bonds. The van der Waals surface area contributed by atoms with Crippen molar-refractivity contribution >= 4 is 29.1 Å². The van der Waals surface area contributed by atoms with Crippen molar-refractivity contribution in [1.82, 2.24) is 0 Å². The van der Waals surface area contributed by atoms with Gasteiger partial charge in [-0.2, -0.15) is 0 Å². The zero-order valence-corrected chi connectivity index (χ0v) is 21.6. The molecule has 0 radical (unpaired) electrons. The van der Waals surface area contributed by atoms with E-state index in [1.165, 1.54) is 15.9 Å². The van der Waals surface area contributed by atoms with Gasteiger partial charge < -0.3 is 22.1 Å². The first kappa shape index (κ1) is 25.9. The molecule has 174 valence electrons. The summed E-state index contributed by atoms with van der Waals surface area (Å²) in [5, 5.41) is 14.0. The smallest absolute Gasteiger partial charge is 0.310 e. The highest BCUT2D eigenvalue weighted by Gasteiger charge is 2.44. The number of rotatable bonds is 10. The number of hydrogen-bond acceptors (Lipinski definition) is 1. The summed E-state index contributed by atoms with van der Waals surface area (Å²) in [6, 6.07) is 42.2. The van der Waals surface area contributed by atoms with Crippen LogP contribution >= 0.6 is 7.26 Å². The molecular weight excluding hydrogens is 503 g/mol. The number of unbranched alkanes of at least 4 members (excludes halogenated alkanes) is 1. The molecule has 0 heterocycles. The third kappa shape index (κ3) is 5.84. The molecule has 0 aliphatic carbocycles. The molecule has 0 aliphatic heterocycles. The molecule has 0 aromatic heterocycles. The van der Waals surface area contributed by atoms with E-state index in [2.05, 4.69) is 91.0 Å². The first-order valence-corrected chi connectivity index (χ1v) is 13.5. The van der Waals surface area contributed by atoms with Gasteiger partial charge in [-0.1, -0.05) is 84.9 Å². The molecule has 4 aromatic carbocycles. The van der Waals surface area contributed by atoms with Crippen molar-refractivity contribution in [1.29, 1.82) is 0 Å². The van der Waals surface area contributed by atoms with Gasteiger partial charge in [0.15, 0.2) is 0 Å². The van der Waals surface area contributed by atoms with Crippen molar-refractivity contribution in [3.05, 3.63) is 127 Å². The minimum atomic E-state index is -1.86. The summed E-state index contributed by atoms with van der Waals surface area (Å²) in [7, 11) is -1.86. The predicted molar refractivity (Wildman–Crippen MR) is 141 cm³/mol. The Labute approximate surface area is 213 Å². The molecule has 0 saturated heterocycles. The lowest BCUT2D eigenvalue weighted by Gasteiger charge is -2.28. The average Bonchev–Trinajstić information content (AvgIpc) is 2.88. The summed E-state index contributed by atoms with van der Waals surface area (Å²) in [4.78, 5) is 12.0. The Bertz CT molecular complexity index is 1040. The SMILES string of the molecule is O=C(O)C(CCCC[P+](c1ccccc1)(c1ccccc1)c1ccccc1)c1ccccc1.[Br-]. The lowest BCUT2D eigenvalue weighted by molar-refractivity contribution is -0.139. The largest absolute Gasteiger partial charge is 1.00 e. The van der Waals surface area contributed by atoms with Crippen LogP contribution in [0.4, 0.5) is 0 Å². The maximum absolute atomic E-state index is 12.0. The second-order valence-electron chi connectivity index (χ2n) is 8.34. The summed E-state index contributed by atoms with van der Waals surface area (Å²) in [5.41, 5.74) is 0.889. The monoisotopic (exact) mass is 532 g/mol. The van der Waals surface area contributed by atoms with Gasteiger partial charge >= 0.3 is 5.97 Å². The maximum Gasteiger partial charge on any atom is 0.310 e. The molecule has 0 spiro atoms. The molecule has 1 unspecified atom stereocenters. The normalized spacial score (nSPS) is 11.9. The zero-order valence-electron chi connectivity index (χ0n) is 19.1. The molecule has 34 heavy (non-hydrogen) atoms. The van der Waals surface area contributed by atoms with Gasteiger partial charge in [-0.3, -0.25) is 4.79 Å². The van der Waals surface area contributed by atoms with Gasteiger partial charge in [0, 0.05) is 0 Å². The summed E-state index contributed by atoms with van der Waals surface area (Å²) in [5.74, 6) is -1.19. The number of carboxylic acids is 1. The summed E-state index contributed by atoms with van der Waals surface area (Å²) >= 11 is 0. The van der Waals surface area contributed by atoms with Crippen molar-refractivity contribution in [3.8, 4) is 0 Å². The van der Waals surface area contributed by atoms with Crippen LogP contribution in [0.3, 0.4) is 0 Å². The first-order chi connectivity index (χ1) is 16.2. The molecule has 0 aliphatic rings. The molecule has 0 saturated carbocycles. The van der Waals surface area contributed by atoms with Crippen LogP contribution in [0, 0.1) is 0 Å². The van der Waals surface area contributed by atoms with Crippen molar-refractivity contribution in [2.45, 2.75) is 25.2 Å². The van der Waals surface area contributed by atoms with Gasteiger partial charge in [0.1, 0.15) is 23.2 Å². The highest BCUT2D eigenvalue weighted by molar-refractivity contribution is 7.95. The quantitative estimate of drug-likeness (QED) is 0.252. The van der Waals surface area contributed by atoms with E-state index in [9.17, 15) is 9.90 Å². The Morgan fingerprint density at radius 2 is 1.00 bits per heavy atom. The summed E-state index contributed by atoms with van der Waals surface area (Å²) in [6.07, 6.45) is 3.52. The van der Waals surface area contributed by atoms with Crippen molar-refractivity contribution in [2.24, 2.45) is 0 Å². The zero-order chi connectivity index (χ0) is 22.9. The number of carboxylic acid groups (broad SMARTS) is 1. The van der Waals surface area contributed by atoms with Crippen LogP contribution in [0.5, 0.6) is 0 Å². The maximum atomic E-state index is 12.0. The average molecular weight is 533 g/mol. The second-order valence-corrected chi connectivity index (χ2v) is 12.0. The highest BCUT2D eigenvalue weighted by atomic mass is 79.9. The van der Waals surface area contributed by atoms with Crippen LogP contribution in [-0.4, -0.2) is 17.2 Å². The van der Waals surface area contributed by atoms with E-state index in [1.54, 1.807) is 0 Å². The topological polar surface area (TPSA) is 37.3 Å². The van der Waals surface area contributed by atoms with E-state index < -0.39 is 19.1 Å². The van der Waals surface area contributed by atoms with Gasteiger partial charge in [-0.05, 0) is 61.2 Å². The fraction of sp³-hybridized carbons (Fsp3) is 0.167. The number of aliphatic carboxylic acids is 1. The van der Waals surface area contributed by atoms with Crippen molar-refractivity contribution < 1.29 is 26.9 Å². The van der Waals surface area contributed by atoms with Crippen LogP contribution in [-0.2, 0) is 4.79 Å². The van der Waals surface area contributed by atoms with E-state index in [4.69, 9.17) is 0 Å². The third-order valence-corrected chi connectivity index (χ3v) is 10.9. The minimum Gasteiger partial charge on any atom is -1.00 e. The number of halogens is 1. The molecule has 0 bridgehead atoms. The van der Waals surface area contributed by atoms with Crippen LogP contribution in [0.2, 0.25) is 0 Å². The predicted octanol–water partition coefficient (Wildman–Crippen LogP) is 3.02. The van der Waals surface area contributed by atoms with Crippen LogP contribution in [0.15, 0.2) is 121 Å². The van der Waals surface area contributed by atoms with E-state index >= 15 is 0 Å². The van der Waals surface area contributed by atoms with Gasteiger partial charge in [-0.25, -0.2) is 0 Å². The molecule has 1 N–H and O–H groups in total. The Balaban J connectivity index is 0.00000324. The summed E-state index contributed by atoms with van der Waals surface area (Å²) in [6.45, 7) is 0. The molecular formula is C30H30BrO2P. The van der Waals surface area contributed by atoms with E-state index in [-0.39, 0.29) is 17.0 Å². The lowest BCUT2D eigenvalue weighted by Crippen LogP contribution is -3.00. The highest BCUT2D eigenvalue weighted by Crippen LogP contribution is 2.56. The molecule has 4 heteroatoms. The van der Waals surface area contributed by atoms with Crippen LogP contribution in [0.25, 0.3) is 0 Å². The second kappa shape index (κ2) is 12.6. The van der Waals surface area contributed by atoms with Gasteiger partial charge in [-0.15, -0.1) is 0 Å². The first-order valence-electron chi connectivity index (χ1n) is 11.5. The van der Waals surface area contributed by atoms with Crippen LogP contribution in [0.1, 0.15) is 30.7 Å². The van der Waals surface area contributed by atoms with Crippen molar-refractivity contribution in [3.63, 3.8) is 0 Å². The Morgan fingerprint density at radius 1 is 0.618 bits per heavy atom. The van der Waals surface area contributed by atoms with Crippen molar-refractivity contribution in [2.75, 3.05) is 6.16 Å². The lowest BCUT2D eigenvalue weighted by atomic mass is 9.94. The molecule has 4 rings (SSSR count). The van der Waals surface area contributed by atoms with E-state index in [1.807, 2.05) is 30.3 Å². The van der Waals surface area contributed by atoms with Gasteiger partial charge in [0.25, 0.3) is 0 Å². The van der Waals surface area contributed by atoms with E-state index in [0.717, 1.165) is 24.6 Å². The Kier molecular flexibility index (Phi) is 9.62. The fourth-order valence-corrected chi connectivity index (χ4v) is 9.11.